The van der Waals surface area contributed by atoms with Gasteiger partial charge in [0.2, 0.25) is 5.88 Å². The Kier molecular flexibility index (Phi) is 4.01. The molecule has 2 unspecified atom stereocenters. The molecule has 1 aliphatic heterocycles. The van der Waals surface area contributed by atoms with Gasteiger partial charge < -0.3 is 10.1 Å². The lowest BCUT2D eigenvalue weighted by Crippen LogP contribution is -2.26. The van der Waals surface area contributed by atoms with Gasteiger partial charge in [0, 0.05) is 12.4 Å². The van der Waals surface area contributed by atoms with Gasteiger partial charge in [0.25, 0.3) is 0 Å². The van der Waals surface area contributed by atoms with Crippen molar-refractivity contribution in [1.29, 1.82) is 0 Å². The molecular formula is C11H17N3OS. The molecule has 1 aromatic rings. The second kappa shape index (κ2) is 5.50. The van der Waals surface area contributed by atoms with E-state index in [9.17, 15) is 0 Å². The molecule has 16 heavy (non-hydrogen) atoms. The smallest absolute Gasteiger partial charge is 0.237 e. The third kappa shape index (κ3) is 2.30. The number of hydrogen-bond donors (Lipinski definition) is 1. The molecule has 0 amide bonds. The van der Waals surface area contributed by atoms with Crippen molar-refractivity contribution >= 4 is 11.8 Å². The average Bonchev–Trinajstić information content (AvgIpc) is 2.84. The summed E-state index contributed by atoms with van der Waals surface area (Å²) in [6.45, 7) is 0. The highest BCUT2D eigenvalue weighted by molar-refractivity contribution is 7.99. The number of rotatable bonds is 4. The van der Waals surface area contributed by atoms with Crippen molar-refractivity contribution in [3.05, 3.63) is 18.1 Å². The first-order valence-electron chi connectivity index (χ1n) is 5.46. The molecule has 2 rings (SSSR count). The fraction of sp³-hybridized carbons (Fsp3) is 0.636. The summed E-state index contributed by atoms with van der Waals surface area (Å²) in [7, 11) is 3.62. The van der Waals surface area contributed by atoms with E-state index in [1.165, 1.54) is 17.9 Å². The molecule has 2 atom stereocenters. The zero-order valence-corrected chi connectivity index (χ0v) is 10.5. The van der Waals surface area contributed by atoms with Crippen LogP contribution in [0.1, 0.15) is 18.2 Å². The largest absolute Gasteiger partial charge is 0.480 e. The summed E-state index contributed by atoms with van der Waals surface area (Å²) < 4.78 is 5.27. The third-order valence-electron chi connectivity index (χ3n) is 2.93. The van der Waals surface area contributed by atoms with Crippen LogP contribution in [0.4, 0.5) is 0 Å². The number of thioether (sulfide) groups is 1. The monoisotopic (exact) mass is 239 g/mol. The van der Waals surface area contributed by atoms with Crippen molar-refractivity contribution in [2.24, 2.45) is 5.92 Å². The molecule has 1 aliphatic rings. The summed E-state index contributed by atoms with van der Waals surface area (Å²) in [6.07, 6.45) is 4.62. The van der Waals surface area contributed by atoms with Crippen molar-refractivity contribution in [3.63, 3.8) is 0 Å². The van der Waals surface area contributed by atoms with Crippen molar-refractivity contribution in [2.45, 2.75) is 12.5 Å². The molecule has 0 bridgehead atoms. The Bertz CT molecular complexity index is 342. The maximum absolute atomic E-state index is 5.27. The van der Waals surface area contributed by atoms with E-state index in [4.69, 9.17) is 4.74 Å². The van der Waals surface area contributed by atoms with Gasteiger partial charge in [0.1, 0.15) is 5.69 Å². The van der Waals surface area contributed by atoms with Gasteiger partial charge in [-0.2, -0.15) is 11.8 Å². The SMILES string of the molecule is CNC(c1nccnc1OC)C1CCSC1. The summed E-state index contributed by atoms with van der Waals surface area (Å²) >= 11 is 2.01. The Morgan fingerprint density at radius 2 is 2.31 bits per heavy atom. The van der Waals surface area contributed by atoms with Crippen molar-refractivity contribution in [2.75, 3.05) is 25.7 Å². The average molecular weight is 239 g/mol. The maximum atomic E-state index is 5.27. The number of methoxy groups -OCH3 is 1. The Labute approximate surface area is 100 Å². The van der Waals surface area contributed by atoms with Crippen LogP contribution in [0, 0.1) is 5.92 Å². The van der Waals surface area contributed by atoms with Gasteiger partial charge in [-0.05, 0) is 30.9 Å². The van der Waals surface area contributed by atoms with Gasteiger partial charge in [-0.1, -0.05) is 0 Å². The van der Waals surface area contributed by atoms with Gasteiger partial charge in [0.05, 0.1) is 13.2 Å². The summed E-state index contributed by atoms with van der Waals surface area (Å²) in [5, 5.41) is 3.34. The highest BCUT2D eigenvalue weighted by atomic mass is 32.2. The fourth-order valence-electron chi connectivity index (χ4n) is 2.12. The van der Waals surface area contributed by atoms with Crippen LogP contribution in [0.25, 0.3) is 0 Å². The number of nitrogens with one attached hydrogen (secondary N) is 1. The normalized spacial score (nSPS) is 22.0. The van der Waals surface area contributed by atoms with Gasteiger partial charge in [0.15, 0.2) is 0 Å². The summed E-state index contributed by atoms with van der Waals surface area (Å²) in [4.78, 5) is 8.61. The zero-order chi connectivity index (χ0) is 11.4. The molecule has 1 N–H and O–H groups in total. The lowest BCUT2D eigenvalue weighted by molar-refractivity contribution is 0.354. The number of hydrogen-bond acceptors (Lipinski definition) is 5. The summed E-state index contributed by atoms with van der Waals surface area (Å²) in [5.41, 5.74) is 0.931. The van der Waals surface area contributed by atoms with Crippen LogP contribution in [-0.2, 0) is 0 Å². The Hall–Kier alpha value is -0.810. The van der Waals surface area contributed by atoms with Crippen molar-refractivity contribution in [3.8, 4) is 5.88 Å². The molecule has 1 saturated heterocycles. The van der Waals surface area contributed by atoms with Gasteiger partial charge in [-0.15, -0.1) is 0 Å². The highest BCUT2D eigenvalue weighted by Crippen LogP contribution is 2.35. The molecule has 4 nitrogen and oxygen atoms in total. The topological polar surface area (TPSA) is 47.0 Å². The van der Waals surface area contributed by atoms with Crippen molar-refractivity contribution < 1.29 is 4.74 Å². The predicted molar refractivity (Wildman–Crippen MR) is 65.8 cm³/mol. The summed E-state index contributed by atoms with van der Waals surface area (Å²) in [6, 6.07) is 0.249. The minimum atomic E-state index is 0.249. The van der Waals surface area contributed by atoms with Gasteiger partial charge in [-0.3, -0.25) is 4.98 Å². The van der Waals surface area contributed by atoms with E-state index < -0.39 is 0 Å². The lowest BCUT2D eigenvalue weighted by Gasteiger charge is -2.22. The molecule has 0 aromatic carbocycles. The van der Waals surface area contributed by atoms with Gasteiger partial charge >= 0.3 is 0 Å². The highest BCUT2D eigenvalue weighted by Gasteiger charge is 2.29. The predicted octanol–water partition coefficient (Wildman–Crippen LogP) is 1.50. The zero-order valence-electron chi connectivity index (χ0n) is 9.64. The van der Waals surface area contributed by atoms with E-state index in [2.05, 4.69) is 15.3 Å². The third-order valence-corrected chi connectivity index (χ3v) is 4.11. The number of aromatic nitrogens is 2. The van der Waals surface area contributed by atoms with E-state index in [-0.39, 0.29) is 6.04 Å². The second-order valence-corrected chi connectivity index (χ2v) is 4.99. The maximum Gasteiger partial charge on any atom is 0.237 e. The minimum Gasteiger partial charge on any atom is -0.480 e. The van der Waals surface area contributed by atoms with E-state index in [0.717, 1.165) is 5.69 Å². The van der Waals surface area contributed by atoms with E-state index in [1.807, 2.05) is 18.8 Å². The summed E-state index contributed by atoms with van der Waals surface area (Å²) in [5.74, 6) is 3.69. The first kappa shape index (κ1) is 11.7. The molecule has 2 heterocycles. The molecule has 0 aliphatic carbocycles. The molecule has 0 spiro atoms. The number of ether oxygens (including phenoxy) is 1. The number of nitrogens with zero attached hydrogens (tertiary/aromatic N) is 2. The Morgan fingerprint density at radius 1 is 1.50 bits per heavy atom. The lowest BCUT2D eigenvalue weighted by atomic mass is 9.96. The van der Waals surface area contributed by atoms with Crippen LogP contribution in [0.3, 0.4) is 0 Å². The molecule has 1 aromatic heterocycles. The Balaban J connectivity index is 2.24. The van der Waals surface area contributed by atoms with E-state index in [1.54, 1.807) is 19.5 Å². The molecule has 0 saturated carbocycles. The molecular weight excluding hydrogens is 222 g/mol. The second-order valence-electron chi connectivity index (χ2n) is 3.84. The Morgan fingerprint density at radius 3 is 2.94 bits per heavy atom. The van der Waals surface area contributed by atoms with Crippen LogP contribution in [0.5, 0.6) is 5.88 Å². The van der Waals surface area contributed by atoms with Crippen LogP contribution in [0.15, 0.2) is 12.4 Å². The van der Waals surface area contributed by atoms with Crippen LogP contribution in [-0.4, -0.2) is 35.6 Å². The molecule has 1 fully saturated rings. The van der Waals surface area contributed by atoms with E-state index in [0.29, 0.717) is 11.8 Å². The fourth-order valence-corrected chi connectivity index (χ4v) is 3.42. The standard InChI is InChI=1S/C11H17N3OS/c1-12-9(8-3-6-16-7-8)10-11(15-2)14-5-4-13-10/h4-5,8-9,12H,3,6-7H2,1-2H3. The van der Waals surface area contributed by atoms with Crippen LogP contribution < -0.4 is 10.1 Å². The molecule has 0 radical (unpaired) electrons. The van der Waals surface area contributed by atoms with Crippen molar-refractivity contribution in [1.82, 2.24) is 15.3 Å². The first-order chi connectivity index (χ1) is 7.86. The van der Waals surface area contributed by atoms with Crippen LogP contribution in [0.2, 0.25) is 0 Å². The van der Waals surface area contributed by atoms with E-state index >= 15 is 0 Å². The van der Waals surface area contributed by atoms with Gasteiger partial charge in [-0.25, -0.2) is 4.98 Å². The minimum absolute atomic E-state index is 0.249. The quantitative estimate of drug-likeness (QED) is 0.862. The first-order valence-corrected chi connectivity index (χ1v) is 6.62. The van der Waals surface area contributed by atoms with Crippen LogP contribution >= 0.6 is 11.8 Å². The molecule has 88 valence electrons. The molecule has 5 heteroatoms.